The van der Waals surface area contributed by atoms with Crippen LogP contribution in [-0.2, 0) is 0 Å². The average molecular weight is 298 g/mol. The fourth-order valence-electron chi connectivity index (χ4n) is 1.59. The van der Waals surface area contributed by atoms with Crippen LogP contribution in [0.3, 0.4) is 0 Å². The summed E-state index contributed by atoms with van der Waals surface area (Å²) >= 11 is 0. The normalized spacial score (nSPS) is 13.0. The molecule has 1 unspecified atom stereocenters. The lowest BCUT2D eigenvalue weighted by molar-refractivity contribution is -0.198. The fourth-order valence-corrected chi connectivity index (χ4v) is 1.59. The number of hydrogen-bond acceptors (Lipinski definition) is 5. The molecule has 8 heteroatoms. The number of nitrogens with zero attached hydrogens (tertiary/aromatic N) is 2. The number of rotatable bonds is 4. The molecule has 0 saturated heterocycles. The fraction of sp³-hybridized carbons (Fsp3) is 0.231. The third-order valence-electron chi connectivity index (χ3n) is 2.63. The zero-order valence-corrected chi connectivity index (χ0v) is 10.8. The molecular weight excluding hydrogens is 285 g/mol. The maximum atomic E-state index is 12.2. The smallest absolute Gasteiger partial charge is 0.384 e. The van der Waals surface area contributed by atoms with E-state index in [0.29, 0.717) is 11.4 Å². The number of benzene rings is 1. The van der Waals surface area contributed by atoms with Crippen molar-refractivity contribution in [1.29, 1.82) is 0 Å². The molecule has 1 heterocycles. The van der Waals surface area contributed by atoms with Crippen molar-refractivity contribution in [3.8, 4) is 11.4 Å². The van der Waals surface area contributed by atoms with E-state index < -0.39 is 18.8 Å². The van der Waals surface area contributed by atoms with E-state index in [9.17, 15) is 13.2 Å². The van der Waals surface area contributed by atoms with Gasteiger partial charge in [-0.05, 0) is 0 Å². The van der Waals surface area contributed by atoms with Crippen molar-refractivity contribution >= 4 is 11.6 Å². The lowest BCUT2D eigenvalue weighted by Gasteiger charge is -2.15. The molecule has 0 aliphatic carbocycles. The molecule has 0 amide bonds. The first-order valence-corrected chi connectivity index (χ1v) is 6.05. The minimum absolute atomic E-state index is 0.115. The van der Waals surface area contributed by atoms with E-state index in [2.05, 4.69) is 15.3 Å². The summed E-state index contributed by atoms with van der Waals surface area (Å²) in [4.78, 5) is 8.10. The number of nitrogens with two attached hydrogens (primary N) is 1. The number of nitrogens with one attached hydrogen (secondary N) is 1. The minimum Gasteiger partial charge on any atom is -0.384 e. The zero-order valence-electron chi connectivity index (χ0n) is 10.8. The van der Waals surface area contributed by atoms with Crippen LogP contribution in [0.2, 0.25) is 0 Å². The second-order valence-corrected chi connectivity index (χ2v) is 4.31. The Labute approximate surface area is 118 Å². The van der Waals surface area contributed by atoms with Crippen LogP contribution in [0.25, 0.3) is 11.4 Å². The number of anilines is 2. The van der Waals surface area contributed by atoms with E-state index in [1.807, 2.05) is 6.07 Å². The van der Waals surface area contributed by atoms with Crippen LogP contribution in [0.1, 0.15) is 0 Å². The average Bonchev–Trinajstić information content (AvgIpc) is 2.44. The van der Waals surface area contributed by atoms with E-state index in [4.69, 9.17) is 10.8 Å². The third kappa shape index (κ3) is 4.06. The molecule has 0 saturated carbocycles. The Morgan fingerprint density at radius 3 is 2.48 bits per heavy atom. The molecular formula is C13H13F3N4O. The summed E-state index contributed by atoms with van der Waals surface area (Å²) in [7, 11) is 0. The highest BCUT2D eigenvalue weighted by Crippen LogP contribution is 2.22. The largest absolute Gasteiger partial charge is 0.416 e. The van der Waals surface area contributed by atoms with E-state index in [1.54, 1.807) is 24.3 Å². The monoisotopic (exact) mass is 298 g/mol. The molecule has 1 atom stereocenters. The molecule has 2 rings (SSSR count). The maximum Gasteiger partial charge on any atom is 0.416 e. The van der Waals surface area contributed by atoms with Crippen LogP contribution in [0.15, 0.2) is 36.4 Å². The molecule has 2 aromatic rings. The van der Waals surface area contributed by atoms with Crippen LogP contribution in [0.4, 0.5) is 24.8 Å². The number of aromatic nitrogens is 2. The SMILES string of the molecule is Nc1cc(NCC(O)C(F)(F)F)nc(-c2ccccc2)n1. The van der Waals surface area contributed by atoms with Gasteiger partial charge in [0, 0.05) is 11.6 Å². The summed E-state index contributed by atoms with van der Waals surface area (Å²) in [6, 6.07) is 10.2. The van der Waals surface area contributed by atoms with E-state index in [1.165, 1.54) is 6.07 Å². The van der Waals surface area contributed by atoms with Crippen molar-refractivity contribution in [3.63, 3.8) is 0 Å². The van der Waals surface area contributed by atoms with Gasteiger partial charge in [0.25, 0.3) is 0 Å². The van der Waals surface area contributed by atoms with Crippen molar-refractivity contribution in [3.05, 3.63) is 36.4 Å². The van der Waals surface area contributed by atoms with Gasteiger partial charge in [0.1, 0.15) is 11.6 Å². The van der Waals surface area contributed by atoms with E-state index in [0.717, 1.165) is 0 Å². The van der Waals surface area contributed by atoms with Crippen LogP contribution in [0, 0.1) is 0 Å². The molecule has 0 bridgehead atoms. The quantitative estimate of drug-likeness (QED) is 0.804. The molecule has 0 fully saturated rings. The summed E-state index contributed by atoms with van der Waals surface area (Å²) in [5.74, 6) is 0.525. The molecule has 1 aromatic carbocycles. The van der Waals surface area contributed by atoms with Crippen LogP contribution < -0.4 is 11.1 Å². The summed E-state index contributed by atoms with van der Waals surface area (Å²) in [6.45, 7) is -0.714. The Bertz CT molecular complexity index is 604. The maximum absolute atomic E-state index is 12.2. The second kappa shape index (κ2) is 5.96. The Hall–Kier alpha value is -2.35. The number of alkyl halides is 3. The molecule has 5 nitrogen and oxygen atoms in total. The Morgan fingerprint density at radius 2 is 1.86 bits per heavy atom. The van der Waals surface area contributed by atoms with Crippen molar-refractivity contribution in [1.82, 2.24) is 9.97 Å². The van der Waals surface area contributed by atoms with Gasteiger partial charge in [-0.3, -0.25) is 0 Å². The minimum atomic E-state index is -4.69. The van der Waals surface area contributed by atoms with Crippen LogP contribution in [-0.4, -0.2) is 33.9 Å². The summed E-state index contributed by atoms with van der Waals surface area (Å²) in [5, 5.41) is 11.3. The molecule has 21 heavy (non-hydrogen) atoms. The van der Waals surface area contributed by atoms with Gasteiger partial charge in [-0.1, -0.05) is 30.3 Å². The number of aliphatic hydroxyl groups excluding tert-OH is 1. The van der Waals surface area contributed by atoms with E-state index in [-0.39, 0.29) is 11.6 Å². The van der Waals surface area contributed by atoms with Gasteiger partial charge in [-0.2, -0.15) is 13.2 Å². The first-order chi connectivity index (χ1) is 9.86. The molecule has 0 aliphatic heterocycles. The number of nitrogen functional groups attached to an aromatic ring is 1. The van der Waals surface area contributed by atoms with Crippen LogP contribution in [0.5, 0.6) is 0 Å². The van der Waals surface area contributed by atoms with Crippen molar-refractivity contribution < 1.29 is 18.3 Å². The van der Waals surface area contributed by atoms with Crippen LogP contribution >= 0.6 is 0 Å². The Morgan fingerprint density at radius 1 is 1.19 bits per heavy atom. The third-order valence-corrected chi connectivity index (χ3v) is 2.63. The summed E-state index contributed by atoms with van der Waals surface area (Å²) < 4.78 is 36.7. The first-order valence-electron chi connectivity index (χ1n) is 6.05. The van der Waals surface area contributed by atoms with E-state index >= 15 is 0 Å². The Kier molecular flexibility index (Phi) is 4.27. The van der Waals surface area contributed by atoms with Gasteiger partial charge in [-0.15, -0.1) is 0 Å². The van der Waals surface area contributed by atoms with Gasteiger partial charge < -0.3 is 16.2 Å². The molecule has 1 aromatic heterocycles. The Balaban J connectivity index is 2.17. The predicted octanol–water partition coefficient (Wildman–Crippen LogP) is 2.06. The number of aliphatic hydroxyl groups is 1. The lowest BCUT2D eigenvalue weighted by atomic mass is 10.2. The van der Waals surface area contributed by atoms with Crippen molar-refractivity contribution in [2.24, 2.45) is 0 Å². The number of halogens is 3. The summed E-state index contributed by atoms with van der Waals surface area (Å²) in [5.41, 5.74) is 6.30. The highest BCUT2D eigenvalue weighted by Gasteiger charge is 2.37. The number of hydrogen-bond donors (Lipinski definition) is 3. The van der Waals surface area contributed by atoms with Gasteiger partial charge in [0.2, 0.25) is 0 Å². The zero-order chi connectivity index (χ0) is 15.5. The summed E-state index contributed by atoms with van der Waals surface area (Å²) in [6.07, 6.45) is -7.16. The topological polar surface area (TPSA) is 84.1 Å². The van der Waals surface area contributed by atoms with Crippen molar-refractivity contribution in [2.75, 3.05) is 17.6 Å². The van der Waals surface area contributed by atoms with Gasteiger partial charge in [-0.25, -0.2) is 9.97 Å². The van der Waals surface area contributed by atoms with Gasteiger partial charge in [0.15, 0.2) is 11.9 Å². The molecule has 4 N–H and O–H groups in total. The van der Waals surface area contributed by atoms with Gasteiger partial charge >= 0.3 is 6.18 Å². The molecule has 0 spiro atoms. The molecule has 112 valence electrons. The predicted molar refractivity (Wildman–Crippen MR) is 72.4 cm³/mol. The second-order valence-electron chi connectivity index (χ2n) is 4.31. The first kappa shape index (κ1) is 15.0. The standard InChI is InChI=1S/C13H13F3N4O/c14-13(15,16)9(21)7-18-11-6-10(17)19-12(20-11)8-4-2-1-3-5-8/h1-6,9,21H,7H2,(H3,17,18,19,20). The molecule has 0 aliphatic rings. The highest BCUT2D eigenvalue weighted by atomic mass is 19.4. The van der Waals surface area contributed by atoms with Gasteiger partial charge in [0.05, 0.1) is 6.54 Å². The molecule has 0 radical (unpaired) electrons. The lowest BCUT2D eigenvalue weighted by Crippen LogP contribution is -2.35. The highest BCUT2D eigenvalue weighted by molar-refractivity contribution is 5.60. The van der Waals surface area contributed by atoms with Crippen molar-refractivity contribution in [2.45, 2.75) is 12.3 Å².